The normalized spacial score (nSPS) is 11.3. The number of carbonyl (C=O) groups excluding carboxylic acids is 1. The summed E-state index contributed by atoms with van der Waals surface area (Å²) in [6, 6.07) is 5.98. The number of benzene rings is 1. The molecule has 0 atom stereocenters. The van der Waals surface area contributed by atoms with Crippen molar-refractivity contribution in [2.24, 2.45) is 5.92 Å². The highest BCUT2D eigenvalue weighted by Gasteiger charge is 2.12. The van der Waals surface area contributed by atoms with Crippen LogP contribution in [0, 0.1) is 17.6 Å². The van der Waals surface area contributed by atoms with Crippen LogP contribution in [0.5, 0.6) is 5.88 Å². The first-order valence-corrected chi connectivity index (χ1v) is 13.0. The molecule has 0 saturated carbocycles. The van der Waals surface area contributed by atoms with Crippen LogP contribution >= 0.6 is 0 Å². The number of nitrogens with zero attached hydrogens (tertiary/aromatic N) is 1. The van der Waals surface area contributed by atoms with Crippen molar-refractivity contribution in [3.05, 3.63) is 58.6 Å². The highest BCUT2D eigenvalue weighted by molar-refractivity contribution is 5.81. The maximum absolute atomic E-state index is 13.5. The third-order valence-electron chi connectivity index (χ3n) is 6.02. The van der Waals surface area contributed by atoms with E-state index >= 15 is 0 Å². The van der Waals surface area contributed by atoms with Gasteiger partial charge in [0.1, 0.15) is 17.2 Å². The van der Waals surface area contributed by atoms with E-state index in [9.17, 15) is 18.4 Å². The first kappa shape index (κ1) is 28.3. The summed E-state index contributed by atoms with van der Waals surface area (Å²) in [5.74, 6) is -1.36. The Kier molecular flexibility index (Phi) is 11.0. The summed E-state index contributed by atoms with van der Waals surface area (Å²) < 4.78 is 43.3. The SMILES string of the molecule is CC(C)C(=O)OCCCCCCCCCCCOc1cc2oc(=O)c(-c3cc(F)cc(F)c3)cc2cn1. The summed E-state index contributed by atoms with van der Waals surface area (Å²) in [7, 11) is 0. The number of pyridine rings is 1. The predicted octanol–water partition coefficient (Wildman–Crippen LogP) is 7.22. The fourth-order valence-electron chi connectivity index (χ4n) is 3.94. The first-order chi connectivity index (χ1) is 17.8. The maximum atomic E-state index is 13.5. The lowest BCUT2D eigenvalue weighted by atomic mass is 10.1. The van der Waals surface area contributed by atoms with Crippen molar-refractivity contribution in [3.63, 3.8) is 0 Å². The number of hydrogen-bond donors (Lipinski definition) is 0. The van der Waals surface area contributed by atoms with E-state index in [2.05, 4.69) is 4.98 Å². The van der Waals surface area contributed by atoms with E-state index in [4.69, 9.17) is 13.9 Å². The zero-order valence-electron chi connectivity index (χ0n) is 21.6. The van der Waals surface area contributed by atoms with Gasteiger partial charge in [0.05, 0.1) is 24.7 Å². The van der Waals surface area contributed by atoms with Crippen LogP contribution < -0.4 is 10.4 Å². The van der Waals surface area contributed by atoms with E-state index in [1.54, 1.807) is 6.07 Å². The monoisotopic (exact) mass is 515 g/mol. The maximum Gasteiger partial charge on any atom is 0.344 e. The molecule has 0 N–H and O–H groups in total. The summed E-state index contributed by atoms with van der Waals surface area (Å²) >= 11 is 0. The van der Waals surface area contributed by atoms with Crippen LogP contribution in [-0.2, 0) is 9.53 Å². The van der Waals surface area contributed by atoms with Gasteiger partial charge in [0.2, 0.25) is 5.88 Å². The molecule has 0 aliphatic carbocycles. The lowest BCUT2D eigenvalue weighted by Gasteiger charge is -2.07. The summed E-state index contributed by atoms with van der Waals surface area (Å²) in [4.78, 5) is 28.0. The molecule has 8 heteroatoms. The van der Waals surface area contributed by atoms with Crippen molar-refractivity contribution in [3.8, 4) is 17.0 Å². The van der Waals surface area contributed by atoms with Gasteiger partial charge >= 0.3 is 11.6 Å². The smallest absolute Gasteiger partial charge is 0.344 e. The van der Waals surface area contributed by atoms with Crippen molar-refractivity contribution in [2.75, 3.05) is 13.2 Å². The zero-order valence-corrected chi connectivity index (χ0v) is 21.6. The van der Waals surface area contributed by atoms with Gasteiger partial charge in [-0.25, -0.2) is 18.6 Å². The number of carbonyl (C=O) groups is 1. The van der Waals surface area contributed by atoms with Crippen LogP contribution in [0.25, 0.3) is 22.1 Å². The van der Waals surface area contributed by atoms with Crippen molar-refractivity contribution in [1.29, 1.82) is 0 Å². The van der Waals surface area contributed by atoms with Gasteiger partial charge in [-0.2, -0.15) is 0 Å². The minimum Gasteiger partial charge on any atom is -0.478 e. The predicted molar refractivity (Wildman–Crippen MR) is 138 cm³/mol. The Morgan fingerprint density at radius 1 is 0.865 bits per heavy atom. The van der Waals surface area contributed by atoms with E-state index < -0.39 is 17.3 Å². The second-order valence-electron chi connectivity index (χ2n) is 9.52. The molecule has 0 unspecified atom stereocenters. The zero-order chi connectivity index (χ0) is 26.6. The third kappa shape index (κ3) is 9.26. The lowest BCUT2D eigenvalue weighted by molar-refractivity contribution is -0.147. The molecule has 0 radical (unpaired) electrons. The Morgan fingerprint density at radius 2 is 1.46 bits per heavy atom. The van der Waals surface area contributed by atoms with Gasteiger partial charge in [0, 0.05) is 23.7 Å². The molecule has 0 bridgehead atoms. The molecule has 0 amide bonds. The third-order valence-corrected chi connectivity index (χ3v) is 6.02. The van der Waals surface area contributed by atoms with Crippen LogP contribution in [0.2, 0.25) is 0 Å². The van der Waals surface area contributed by atoms with Crippen LogP contribution in [0.3, 0.4) is 0 Å². The highest BCUT2D eigenvalue weighted by Crippen LogP contribution is 2.24. The quantitative estimate of drug-likeness (QED) is 0.157. The Labute approximate surface area is 216 Å². The van der Waals surface area contributed by atoms with Crippen LogP contribution in [0.4, 0.5) is 8.78 Å². The lowest BCUT2D eigenvalue weighted by Crippen LogP contribution is -2.12. The van der Waals surface area contributed by atoms with E-state index in [0.717, 1.165) is 56.7 Å². The number of hydrogen-bond acceptors (Lipinski definition) is 6. The van der Waals surface area contributed by atoms with Crippen molar-refractivity contribution < 1.29 is 27.5 Å². The molecular formula is C29H35F2NO5. The number of ether oxygens (including phenoxy) is 2. The fraction of sp³-hybridized carbons (Fsp3) is 0.483. The van der Waals surface area contributed by atoms with Crippen LogP contribution in [0.15, 0.2) is 45.7 Å². The van der Waals surface area contributed by atoms with Crippen LogP contribution in [0.1, 0.15) is 71.6 Å². The average Bonchev–Trinajstić information content (AvgIpc) is 2.85. The molecule has 3 aromatic rings. The number of aromatic nitrogens is 1. The van der Waals surface area contributed by atoms with E-state index in [-0.39, 0.29) is 23.0 Å². The molecule has 0 fully saturated rings. The molecule has 0 aliphatic heterocycles. The molecule has 37 heavy (non-hydrogen) atoms. The Morgan fingerprint density at radius 3 is 2.08 bits per heavy atom. The molecule has 2 heterocycles. The van der Waals surface area contributed by atoms with Gasteiger partial charge in [-0.1, -0.05) is 58.8 Å². The van der Waals surface area contributed by atoms with Crippen molar-refractivity contribution >= 4 is 16.9 Å². The molecule has 0 saturated heterocycles. The molecule has 2 aromatic heterocycles. The Hall–Kier alpha value is -3.29. The summed E-state index contributed by atoms with van der Waals surface area (Å²) in [5.41, 5.74) is -0.218. The molecule has 0 spiro atoms. The van der Waals surface area contributed by atoms with Crippen molar-refractivity contribution in [1.82, 2.24) is 4.98 Å². The second kappa shape index (κ2) is 14.4. The minimum absolute atomic E-state index is 0.0614. The Bertz CT molecular complexity index is 1200. The molecule has 6 nitrogen and oxygen atoms in total. The first-order valence-electron chi connectivity index (χ1n) is 13.0. The Balaban J connectivity index is 1.32. The molecule has 200 valence electrons. The summed E-state index contributed by atoms with van der Waals surface area (Å²) in [6.45, 7) is 4.71. The summed E-state index contributed by atoms with van der Waals surface area (Å²) in [6.07, 6.45) is 11.3. The van der Waals surface area contributed by atoms with Gasteiger partial charge in [0.25, 0.3) is 0 Å². The van der Waals surface area contributed by atoms with E-state index in [1.807, 2.05) is 13.8 Å². The molecular weight excluding hydrogens is 480 g/mol. The van der Waals surface area contributed by atoms with Crippen LogP contribution in [-0.4, -0.2) is 24.2 Å². The molecule has 0 aliphatic rings. The fourth-order valence-corrected chi connectivity index (χ4v) is 3.94. The van der Waals surface area contributed by atoms with Gasteiger partial charge in [-0.15, -0.1) is 0 Å². The standard InChI is InChI=1S/C29H35F2NO5/c1-20(2)28(33)36-13-11-9-7-5-3-4-6-8-10-12-35-27-18-26-22(19-32-27)16-25(29(34)37-26)21-14-23(30)17-24(31)15-21/h14-20H,3-13H2,1-2H3. The number of unbranched alkanes of at least 4 members (excludes halogenated alkanes) is 8. The van der Waals surface area contributed by atoms with E-state index in [1.165, 1.54) is 31.5 Å². The largest absolute Gasteiger partial charge is 0.478 e. The molecule has 1 aromatic carbocycles. The highest BCUT2D eigenvalue weighted by atomic mass is 19.1. The second-order valence-corrected chi connectivity index (χ2v) is 9.52. The van der Waals surface area contributed by atoms with Crippen molar-refractivity contribution in [2.45, 2.75) is 71.6 Å². The minimum atomic E-state index is -0.769. The molecule has 3 rings (SSSR count). The number of esters is 1. The van der Waals surface area contributed by atoms with Gasteiger partial charge in [-0.3, -0.25) is 4.79 Å². The van der Waals surface area contributed by atoms with E-state index in [0.29, 0.717) is 30.1 Å². The van der Waals surface area contributed by atoms with Gasteiger partial charge in [0.15, 0.2) is 0 Å². The topological polar surface area (TPSA) is 78.6 Å². The van der Waals surface area contributed by atoms with Gasteiger partial charge in [-0.05, 0) is 36.6 Å². The number of fused-ring (bicyclic) bond motifs is 1. The summed E-state index contributed by atoms with van der Waals surface area (Å²) in [5, 5.41) is 0.531. The number of rotatable bonds is 15. The average molecular weight is 516 g/mol. The number of halogens is 2. The van der Waals surface area contributed by atoms with Gasteiger partial charge < -0.3 is 13.9 Å².